The van der Waals surface area contributed by atoms with Crippen molar-refractivity contribution in [2.75, 3.05) is 5.32 Å². The number of amides is 1. The summed E-state index contributed by atoms with van der Waals surface area (Å²) in [4.78, 5) is 22.9. The topological polar surface area (TPSA) is 90.1 Å². The van der Waals surface area contributed by atoms with Gasteiger partial charge in [0.2, 0.25) is 0 Å². The molecule has 3 aromatic rings. The van der Waals surface area contributed by atoms with Crippen LogP contribution in [0.5, 0.6) is 0 Å². The zero-order chi connectivity index (χ0) is 20.5. The molecule has 0 aliphatic heterocycles. The SMILES string of the molecule is Cc1ccc([N+](=O)[O-])cc1C(=O)Nc1cc(C(F)(F)F)ccc1-n1cccn1. The minimum atomic E-state index is -4.61. The van der Waals surface area contributed by atoms with Gasteiger partial charge in [0.1, 0.15) is 0 Å². The third-order valence-electron chi connectivity index (χ3n) is 4.00. The van der Waals surface area contributed by atoms with Crippen LogP contribution in [0.15, 0.2) is 54.9 Å². The first-order valence-electron chi connectivity index (χ1n) is 7.94. The van der Waals surface area contributed by atoms with Crippen molar-refractivity contribution in [3.8, 4) is 5.69 Å². The maximum Gasteiger partial charge on any atom is 0.416 e. The van der Waals surface area contributed by atoms with Gasteiger partial charge in [-0.25, -0.2) is 4.68 Å². The summed E-state index contributed by atoms with van der Waals surface area (Å²) >= 11 is 0. The molecule has 10 heteroatoms. The summed E-state index contributed by atoms with van der Waals surface area (Å²) in [6.07, 6.45) is -1.66. The number of nitrogens with one attached hydrogen (secondary N) is 1. The van der Waals surface area contributed by atoms with E-state index >= 15 is 0 Å². The molecule has 0 spiro atoms. The molecule has 0 saturated heterocycles. The zero-order valence-electron chi connectivity index (χ0n) is 14.4. The Balaban J connectivity index is 2.04. The van der Waals surface area contributed by atoms with Crippen LogP contribution in [0.2, 0.25) is 0 Å². The van der Waals surface area contributed by atoms with Crippen LogP contribution < -0.4 is 5.32 Å². The lowest BCUT2D eigenvalue weighted by molar-refractivity contribution is -0.384. The summed E-state index contributed by atoms with van der Waals surface area (Å²) in [6, 6.07) is 8.15. The molecule has 1 N–H and O–H groups in total. The quantitative estimate of drug-likeness (QED) is 0.529. The van der Waals surface area contributed by atoms with Crippen molar-refractivity contribution in [1.82, 2.24) is 9.78 Å². The van der Waals surface area contributed by atoms with Crippen molar-refractivity contribution >= 4 is 17.3 Å². The second-order valence-electron chi connectivity index (χ2n) is 5.89. The highest BCUT2D eigenvalue weighted by Gasteiger charge is 2.31. The number of halogens is 3. The molecular formula is C18H13F3N4O3. The van der Waals surface area contributed by atoms with Crippen LogP contribution in [-0.2, 0) is 6.18 Å². The molecule has 7 nitrogen and oxygen atoms in total. The first-order chi connectivity index (χ1) is 13.2. The van der Waals surface area contributed by atoms with Gasteiger partial charge in [-0.1, -0.05) is 6.07 Å². The molecule has 28 heavy (non-hydrogen) atoms. The second-order valence-corrected chi connectivity index (χ2v) is 5.89. The lowest BCUT2D eigenvalue weighted by Crippen LogP contribution is -2.17. The van der Waals surface area contributed by atoms with Crippen LogP contribution in [0, 0.1) is 17.0 Å². The zero-order valence-corrected chi connectivity index (χ0v) is 14.4. The van der Waals surface area contributed by atoms with Crippen LogP contribution >= 0.6 is 0 Å². The number of nitro groups is 1. The summed E-state index contributed by atoms with van der Waals surface area (Å²) in [5.41, 5.74) is -0.737. The Hall–Kier alpha value is -3.69. The fourth-order valence-electron chi connectivity index (χ4n) is 2.58. The highest BCUT2D eigenvalue weighted by Crippen LogP contribution is 2.33. The number of hydrogen-bond donors (Lipinski definition) is 1. The van der Waals surface area contributed by atoms with E-state index in [1.807, 2.05) is 0 Å². The Kier molecular flexibility index (Phi) is 4.87. The number of nitro benzene ring substituents is 1. The van der Waals surface area contributed by atoms with E-state index in [0.29, 0.717) is 5.56 Å². The van der Waals surface area contributed by atoms with E-state index in [4.69, 9.17) is 0 Å². The van der Waals surface area contributed by atoms with Gasteiger partial charge >= 0.3 is 6.18 Å². The van der Waals surface area contributed by atoms with Crippen molar-refractivity contribution in [1.29, 1.82) is 0 Å². The maximum atomic E-state index is 13.1. The van der Waals surface area contributed by atoms with Gasteiger partial charge in [-0.2, -0.15) is 18.3 Å². The van der Waals surface area contributed by atoms with Crippen molar-refractivity contribution in [3.05, 3.63) is 81.7 Å². The molecule has 0 atom stereocenters. The average molecular weight is 390 g/mol. The highest BCUT2D eigenvalue weighted by atomic mass is 19.4. The van der Waals surface area contributed by atoms with E-state index in [1.165, 1.54) is 35.3 Å². The number of non-ortho nitro benzene ring substituents is 1. The lowest BCUT2D eigenvalue weighted by atomic mass is 10.1. The summed E-state index contributed by atoms with van der Waals surface area (Å²) in [5.74, 6) is -0.770. The van der Waals surface area contributed by atoms with E-state index in [0.717, 1.165) is 18.2 Å². The molecule has 0 unspecified atom stereocenters. The van der Waals surface area contributed by atoms with Crippen molar-refractivity contribution < 1.29 is 22.9 Å². The van der Waals surface area contributed by atoms with Crippen LogP contribution in [0.1, 0.15) is 21.5 Å². The van der Waals surface area contributed by atoms with Crippen LogP contribution in [0.4, 0.5) is 24.5 Å². The second kappa shape index (κ2) is 7.14. The number of carbonyl (C=O) groups excluding carboxylic acids is 1. The van der Waals surface area contributed by atoms with Crippen LogP contribution in [0.3, 0.4) is 0 Å². The maximum absolute atomic E-state index is 13.1. The van der Waals surface area contributed by atoms with Crippen LogP contribution in [0.25, 0.3) is 5.69 Å². The van der Waals surface area contributed by atoms with Crippen molar-refractivity contribution in [3.63, 3.8) is 0 Å². The third-order valence-corrected chi connectivity index (χ3v) is 4.00. The summed E-state index contributed by atoms with van der Waals surface area (Å²) < 4.78 is 40.6. The first kappa shape index (κ1) is 19.1. The summed E-state index contributed by atoms with van der Waals surface area (Å²) in [6.45, 7) is 1.57. The molecule has 1 amide bonds. The molecule has 0 bridgehead atoms. The van der Waals surface area contributed by atoms with Gasteiger partial charge in [0.15, 0.2) is 0 Å². The predicted octanol–water partition coefficient (Wildman–Crippen LogP) is 4.36. The smallest absolute Gasteiger partial charge is 0.320 e. The average Bonchev–Trinajstić information content (AvgIpc) is 3.15. The first-order valence-corrected chi connectivity index (χ1v) is 7.94. The molecule has 0 saturated carbocycles. The van der Waals surface area contributed by atoms with Gasteiger partial charge in [0.25, 0.3) is 11.6 Å². The van der Waals surface area contributed by atoms with Crippen molar-refractivity contribution in [2.45, 2.75) is 13.1 Å². The summed E-state index contributed by atoms with van der Waals surface area (Å²) in [7, 11) is 0. The molecule has 2 aromatic carbocycles. The molecule has 1 aromatic heterocycles. The van der Waals surface area contributed by atoms with Crippen LogP contribution in [-0.4, -0.2) is 20.6 Å². The number of benzene rings is 2. The van der Waals surface area contributed by atoms with E-state index < -0.39 is 22.6 Å². The molecule has 0 aliphatic carbocycles. The standard InChI is InChI=1S/C18H13F3N4O3/c1-11-3-5-13(25(27)28)10-14(11)17(26)23-15-9-12(18(19,20)21)4-6-16(15)24-8-2-7-22-24/h2-10H,1H3,(H,23,26). The Labute approximate surface area is 156 Å². The molecule has 0 radical (unpaired) electrons. The van der Waals surface area contributed by atoms with Gasteiger partial charge < -0.3 is 5.32 Å². The van der Waals surface area contributed by atoms with Gasteiger partial charge in [0.05, 0.1) is 21.9 Å². The Bertz CT molecular complexity index is 1050. The molecule has 1 heterocycles. The number of aromatic nitrogens is 2. The van der Waals surface area contributed by atoms with Gasteiger partial charge in [-0.3, -0.25) is 14.9 Å². The van der Waals surface area contributed by atoms with Gasteiger partial charge in [-0.15, -0.1) is 0 Å². The number of carbonyl (C=O) groups is 1. The number of rotatable bonds is 4. The molecule has 0 fully saturated rings. The monoisotopic (exact) mass is 390 g/mol. The van der Waals surface area contributed by atoms with Gasteiger partial charge in [0, 0.05) is 30.1 Å². The lowest BCUT2D eigenvalue weighted by Gasteiger charge is -2.15. The fraction of sp³-hybridized carbons (Fsp3) is 0.111. The predicted molar refractivity (Wildman–Crippen MR) is 94.4 cm³/mol. The largest absolute Gasteiger partial charge is 0.416 e. The van der Waals surface area contributed by atoms with E-state index in [9.17, 15) is 28.1 Å². The number of nitrogens with zero attached hydrogens (tertiary/aromatic N) is 3. The Morgan fingerprint density at radius 3 is 2.57 bits per heavy atom. The molecule has 0 aliphatic rings. The van der Waals surface area contributed by atoms with Gasteiger partial charge in [-0.05, 0) is 36.8 Å². The molecular weight excluding hydrogens is 377 g/mol. The van der Waals surface area contributed by atoms with E-state index in [1.54, 1.807) is 13.0 Å². The summed E-state index contributed by atoms with van der Waals surface area (Å²) in [5, 5.41) is 17.3. The number of hydrogen-bond acceptors (Lipinski definition) is 4. The number of aryl methyl sites for hydroxylation is 1. The normalized spacial score (nSPS) is 11.3. The van der Waals surface area contributed by atoms with E-state index in [-0.39, 0.29) is 22.6 Å². The minimum absolute atomic E-state index is 0.0157. The Morgan fingerprint density at radius 2 is 1.96 bits per heavy atom. The fourth-order valence-corrected chi connectivity index (χ4v) is 2.58. The number of anilines is 1. The highest BCUT2D eigenvalue weighted by molar-refractivity contribution is 6.06. The molecule has 144 valence electrons. The number of alkyl halides is 3. The Morgan fingerprint density at radius 1 is 1.21 bits per heavy atom. The van der Waals surface area contributed by atoms with Crippen molar-refractivity contribution in [2.24, 2.45) is 0 Å². The molecule has 3 rings (SSSR count). The third kappa shape index (κ3) is 3.85. The minimum Gasteiger partial charge on any atom is -0.320 e. The van der Waals surface area contributed by atoms with E-state index in [2.05, 4.69) is 10.4 Å².